The third kappa shape index (κ3) is 11.6. The Morgan fingerprint density at radius 3 is 1.31 bits per heavy atom. The number of hydrogen-bond acceptors (Lipinski definition) is 7. The zero-order valence-corrected chi connectivity index (χ0v) is 50.8. The van der Waals surface area contributed by atoms with Gasteiger partial charge < -0.3 is 24.3 Å². The van der Waals surface area contributed by atoms with Crippen LogP contribution in [0.4, 0.5) is 5.69 Å². The minimum atomic E-state index is -0.583. The molecule has 0 saturated carbocycles. The number of ether oxygens (including phenoxy) is 2. The van der Waals surface area contributed by atoms with Crippen molar-refractivity contribution < 1.29 is 19.1 Å². The number of benzene rings is 5. The van der Waals surface area contributed by atoms with Crippen molar-refractivity contribution in [3.63, 3.8) is 0 Å². The van der Waals surface area contributed by atoms with E-state index in [2.05, 4.69) is 219 Å². The van der Waals surface area contributed by atoms with Crippen LogP contribution in [0, 0.1) is 23.7 Å². The fourth-order valence-electron chi connectivity index (χ4n) is 10.5. The predicted molar refractivity (Wildman–Crippen MR) is 344 cm³/mol. The average molecular weight is 1100 g/mol. The molecule has 3 aromatic heterocycles. The second-order valence-corrected chi connectivity index (χ2v) is 25.9. The Morgan fingerprint density at radius 1 is 0.458 bits per heavy atom. The summed E-state index contributed by atoms with van der Waals surface area (Å²) in [5, 5.41) is 0.979. The minimum Gasteiger partial charge on any atom is -0.465 e. The van der Waals surface area contributed by atoms with Gasteiger partial charge in [0.15, 0.2) is 0 Å². The van der Waals surface area contributed by atoms with Crippen LogP contribution < -0.4 is 4.90 Å². The Kier molecular flexibility index (Phi) is 14.9. The molecule has 2 aliphatic heterocycles. The Bertz CT molecular complexity index is 4080. The van der Waals surface area contributed by atoms with E-state index < -0.39 is 11.9 Å². The summed E-state index contributed by atoms with van der Waals surface area (Å²) in [5.74, 6) is 13.1. The minimum absolute atomic E-state index is 0.167. The number of anilines is 1. The fourth-order valence-corrected chi connectivity index (χ4v) is 10.5. The first-order valence-corrected chi connectivity index (χ1v) is 28.2. The molecule has 0 amide bonds. The van der Waals surface area contributed by atoms with Gasteiger partial charge in [0.05, 0.1) is 70.3 Å². The highest BCUT2D eigenvalue weighted by molar-refractivity contribution is 6.14. The summed E-state index contributed by atoms with van der Waals surface area (Å²) in [6.45, 7) is 27.0. The van der Waals surface area contributed by atoms with Gasteiger partial charge in [-0.1, -0.05) is 155 Å². The van der Waals surface area contributed by atoms with Crippen LogP contribution in [-0.4, -0.2) is 60.2 Å². The highest BCUT2D eigenvalue weighted by Gasteiger charge is 2.27. The maximum absolute atomic E-state index is 13.3. The standard InChI is InChI=1S/C74H73N5O4/c1-71(2,3)48-38-46(39-49(42-48)72(4,5)6)66-62-34-30-58(75-62)54(27-22-44-20-25-52(26-21-44)79(13)14)59-31-35-63(76-59)67(47-40-50(73(7,8)9)43-51(41-47)74(10,11)12)65-37-33-61(78-65)55(60-32-36-64(66)77-60)28-23-45-24-29-57(70(81)83-16)68-53(45)18-17-19-56(68)69(80)82-15/h17-21,24-26,29-43,75-76H,1-16H3. The predicted octanol–water partition coefficient (Wildman–Crippen LogP) is 16.8. The number of nitrogens with zero attached hydrogens (tertiary/aromatic N) is 3. The van der Waals surface area contributed by atoms with Gasteiger partial charge in [-0.3, -0.25) is 0 Å². The molecule has 0 aliphatic carbocycles. The van der Waals surface area contributed by atoms with Crippen LogP contribution in [0.15, 0.2) is 115 Å². The number of nitrogens with one attached hydrogen (secondary N) is 2. The molecule has 0 fully saturated rings. The van der Waals surface area contributed by atoms with Crippen molar-refractivity contribution in [3.05, 3.63) is 194 Å². The number of rotatable bonds is 5. The largest absolute Gasteiger partial charge is 0.465 e. The van der Waals surface area contributed by atoms with Crippen LogP contribution in [0.3, 0.4) is 0 Å². The molecule has 2 N–H and O–H groups in total. The molecular formula is C74H73N5O4. The van der Waals surface area contributed by atoms with Crippen molar-refractivity contribution in [1.82, 2.24) is 19.9 Å². The van der Waals surface area contributed by atoms with Crippen LogP contribution in [0.25, 0.3) is 79.4 Å². The second-order valence-electron chi connectivity index (χ2n) is 25.9. The van der Waals surface area contributed by atoms with E-state index in [1.165, 1.54) is 36.5 Å². The SMILES string of the molecule is COC(=O)c1cccc2c(C#Cc3c4nc(c(-c5cc(C(C)(C)C)cc(C(C)(C)C)c5)c5ccc([nH]5)c(C#Cc5ccc(N(C)C)cc5)c5ccc([nH]5)c(-c5cc(C(C)(C)C)cc(C(C)(C)C)c5)c5nc3C=C5)C=C4)ccc(C(=O)OC)c12. The summed E-state index contributed by atoms with van der Waals surface area (Å²) in [6, 6.07) is 39.4. The maximum atomic E-state index is 13.3. The molecule has 5 aromatic carbocycles. The van der Waals surface area contributed by atoms with Gasteiger partial charge in [-0.25, -0.2) is 19.6 Å². The molecule has 5 heterocycles. The van der Waals surface area contributed by atoms with Gasteiger partial charge in [0, 0.05) is 58.5 Å². The number of methoxy groups -OCH3 is 2. The highest BCUT2D eigenvalue weighted by Crippen LogP contribution is 2.41. The number of aromatic nitrogens is 4. The highest BCUT2D eigenvalue weighted by atomic mass is 16.5. The molecule has 9 nitrogen and oxygen atoms in total. The summed E-state index contributed by atoms with van der Waals surface area (Å²) < 4.78 is 10.4. The lowest BCUT2D eigenvalue weighted by Crippen LogP contribution is -2.16. The number of fused-ring (bicyclic) bond motifs is 9. The first-order valence-electron chi connectivity index (χ1n) is 28.2. The molecule has 10 rings (SSSR count). The number of aromatic amines is 2. The van der Waals surface area contributed by atoms with Gasteiger partial charge in [-0.2, -0.15) is 0 Å². The van der Waals surface area contributed by atoms with Crippen LogP contribution in [0.1, 0.15) is 171 Å². The topological polar surface area (TPSA) is 113 Å². The monoisotopic (exact) mass is 1100 g/mol. The van der Waals surface area contributed by atoms with E-state index in [-0.39, 0.29) is 32.8 Å². The molecule has 0 saturated heterocycles. The summed E-state index contributed by atoms with van der Waals surface area (Å²) in [6.07, 6.45) is 8.19. The Balaban J connectivity index is 1.37. The number of carbonyl (C=O) groups is 2. The summed E-state index contributed by atoms with van der Waals surface area (Å²) >= 11 is 0. The molecular weight excluding hydrogens is 1020 g/mol. The number of carbonyl (C=O) groups excluding carboxylic acids is 2. The second kappa shape index (κ2) is 21.6. The van der Waals surface area contributed by atoms with E-state index >= 15 is 0 Å². The summed E-state index contributed by atoms with van der Waals surface area (Å²) in [5.41, 5.74) is 18.6. The van der Waals surface area contributed by atoms with E-state index in [1.54, 1.807) is 24.3 Å². The van der Waals surface area contributed by atoms with E-state index in [0.29, 0.717) is 33.3 Å². The van der Waals surface area contributed by atoms with Gasteiger partial charge in [0.25, 0.3) is 0 Å². The first-order chi connectivity index (χ1) is 39.2. The molecule has 2 aliphatic rings. The van der Waals surface area contributed by atoms with Gasteiger partial charge in [0.2, 0.25) is 0 Å². The lowest BCUT2D eigenvalue weighted by molar-refractivity contribution is 0.0601. The van der Waals surface area contributed by atoms with Crippen molar-refractivity contribution in [2.45, 2.75) is 105 Å². The normalized spacial score (nSPS) is 12.4. The van der Waals surface area contributed by atoms with Gasteiger partial charge in [-0.05, 0) is 151 Å². The lowest BCUT2D eigenvalue weighted by Gasteiger charge is -2.26. The summed E-state index contributed by atoms with van der Waals surface area (Å²) in [4.78, 5) is 47.6. The van der Waals surface area contributed by atoms with E-state index in [9.17, 15) is 9.59 Å². The number of H-pyrrole nitrogens is 2. The van der Waals surface area contributed by atoms with E-state index in [4.69, 9.17) is 19.4 Å². The zero-order chi connectivity index (χ0) is 59.5. The smallest absolute Gasteiger partial charge is 0.338 e. The Morgan fingerprint density at radius 2 is 0.880 bits per heavy atom. The van der Waals surface area contributed by atoms with Crippen molar-refractivity contribution in [1.29, 1.82) is 0 Å². The molecule has 0 atom stereocenters. The first kappa shape index (κ1) is 57.1. The molecule has 0 radical (unpaired) electrons. The number of esters is 2. The molecule has 418 valence electrons. The molecule has 83 heavy (non-hydrogen) atoms. The van der Waals surface area contributed by atoms with Crippen molar-refractivity contribution in [2.75, 3.05) is 33.2 Å². The third-order valence-corrected chi connectivity index (χ3v) is 15.6. The van der Waals surface area contributed by atoms with E-state index in [0.717, 1.165) is 72.5 Å². The van der Waals surface area contributed by atoms with Crippen molar-refractivity contribution in [3.8, 4) is 45.9 Å². The molecule has 0 spiro atoms. The summed E-state index contributed by atoms with van der Waals surface area (Å²) in [7, 11) is 6.72. The Hall–Kier alpha value is -9.18. The zero-order valence-electron chi connectivity index (χ0n) is 50.8. The van der Waals surface area contributed by atoms with Gasteiger partial charge in [0.1, 0.15) is 0 Å². The fraction of sp³-hybridized carbons (Fsp3) is 0.270. The van der Waals surface area contributed by atoms with Gasteiger partial charge >= 0.3 is 11.9 Å². The Labute approximate surface area is 489 Å². The van der Waals surface area contributed by atoms with Crippen molar-refractivity contribution in [2.24, 2.45) is 0 Å². The van der Waals surface area contributed by atoms with E-state index in [1.807, 2.05) is 32.3 Å². The molecule has 9 heteroatoms. The molecule has 0 unspecified atom stereocenters. The molecule has 8 bridgehead atoms. The van der Waals surface area contributed by atoms with Crippen LogP contribution in [0.5, 0.6) is 0 Å². The lowest BCUT2D eigenvalue weighted by atomic mass is 9.78. The maximum Gasteiger partial charge on any atom is 0.338 e. The van der Waals surface area contributed by atoms with Gasteiger partial charge in [-0.15, -0.1) is 0 Å². The molecule has 8 aromatic rings. The quantitative estimate of drug-likeness (QED) is 0.130. The van der Waals surface area contributed by atoms with Crippen molar-refractivity contribution >= 4 is 74.8 Å². The van der Waals surface area contributed by atoms with Crippen LogP contribution in [-0.2, 0) is 31.1 Å². The van der Waals surface area contributed by atoms with Crippen LogP contribution in [0.2, 0.25) is 0 Å². The third-order valence-electron chi connectivity index (χ3n) is 15.6. The number of hydrogen-bond donors (Lipinski definition) is 2. The van der Waals surface area contributed by atoms with Crippen LogP contribution >= 0.6 is 0 Å². The average Bonchev–Trinajstić information content (AvgIpc) is 2.64.